The van der Waals surface area contributed by atoms with E-state index in [2.05, 4.69) is 15.2 Å². The van der Waals surface area contributed by atoms with Crippen molar-refractivity contribution in [3.8, 4) is 0 Å². The number of halogens is 3. The zero-order valence-electron chi connectivity index (χ0n) is 13.7. The van der Waals surface area contributed by atoms with E-state index >= 15 is 0 Å². The van der Waals surface area contributed by atoms with E-state index in [1.807, 2.05) is 0 Å². The molecule has 0 radical (unpaired) electrons. The number of ketones is 1. The van der Waals surface area contributed by atoms with Crippen LogP contribution in [0.5, 0.6) is 0 Å². The summed E-state index contributed by atoms with van der Waals surface area (Å²) in [7, 11) is 0. The second kappa shape index (κ2) is 6.31. The topological polar surface area (TPSA) is 62.3 Å². The van der Waals surface area contributed by atoms with Crippen LogP contribution in [0.3, 0.4) is 0 Å². The molecule has 1 N–H and O–H groups in total. The lowest BCUT2D eigenvalue weighted by molar-refractivity contribution is -0.0883. The number of piperidine rings is 3. The molecule has 1 amide bonds. The molecule has 1 atom stereocenters. The van der Waals surface area contributed by atoms with Gasteiger partial charge in [0.15, 0.2) is 0 Å². The third-order valence-electron chi connectivity index (χ3n) is 5.18. The first kappa shape index (κ1) is 17.4. The van der Waals surface area contributed by atoms with Crippen LogP contribution < -0.4 is 5.32 Å². The second-order valence-corrected chi connectivity index (χ2v) is 7.61. The Morgan fingerprint density at radius 3 is 2.62 bits per heavy atom. The Hall–Kier alpha value is -2.00. The number of amides is 1. The minimum absolute atomic E-state index is 0.0262. The lowest BCUT2D eigenvalue weighted by Crippen LogP contribution is -2.57. The van der Waals surface area contributed by atoms with Crippen molar-refractivity contribution in [1.82, 2.24) is 15.2 Å². The predicted molar refractivity (Wildman–Crippen MR) is 90.4 cm³/mol. The van der Waals surface area contributed by atoms with E-state index in [9.17, 15) is 22.8 Å². The minimum Gasteiger partial charge on any atom is -0.346 e. The Morgan fingerprint density at radius 1 is 1.27 bits per heavy atom. The molecule has 0 saturated carbocycles. The van der Waals surface area contributed by atoms with Gasteiger partial charge in [-0.1, -0.05) is 0 Å². The average Bonchev–Trinajstić information content (AvgIpc) is 3.05. The highest BCUT2D eigenvalue weighted by Crippen LogP contribution is 2.33. The van der Waals surface area contributed by atoms with Crippen LogP contribution in [0.4, 0.5) is 13.2 Å². The van der Waals surface area contributed by atoms with E-state index in [1.165, 1.54) is 12.3 Å². The number of hydrogen-bond acceptors (Lipinski definition) is 5. The zero-order valence-corrected chi connectivity index (χ0v) is 14.5. The summed E-state index contributed by atoms with van der Waals surface area (Å²) in [5, 5.41) is 4.25. The molecule has 26 heavy (non-hydrogen) atoms. The molecule has 0 spiro atoms. The largest absolute Gasteiger partial charge is 0.454 e. The fourth-order valence-corrected chi connectivity index (χ4v) is 4.85. The summed E-state index contributed by atoms with van der Waals surface area (Å²) in [5.41, 5.74) is -0.359. The van der Waals surface area contributed by atoms with E-state index in [0.717, 1.165) is 49.2 Å². The molecule has 9 heteroatoms. The molecular formula is C17H16F3N3O2S. The van der Waals surface area contributed by atoms with Gasteiger partial charge < -0.3 is 10.2 Å². The molecule has 0 aliphatic carbocycles. The van der Waals surface area contributed by atoms with Crippen LogP contribution in [0.1, 0.15) is 33.7 Å². The van der Waals surface area contributed by atoms with Gasteiger partial charge in [-0.25, -0.2) is 4.98 Å². The van der Waals surface area contributed by atoms with Gasteiger partial charge in [-0.05, 0) is 37.9 Å². The number of pyridine rings is 1. The minimum atomic E-state index is -4.95. The summed E-state index contributed by atoms with van der Waals surface area (Å²) >= 11 is 0.936. The highest BCUT2D eigenvalue weighted by Gasteiger charge is 2.41. The third kappa shape index (κ3) is 2.99. The maximum atomic E-state index is 12.8. The van der Waals surface area contributed by atoms with Gasteiger partial charge in [0, 0.05) is 35.1 Å². The normalized spacial score (nSPS) is 25.4. The number of aromatic nitrogens is 1. The maximum absolute atomic E-state index is 12.8. The third-order valence-corrected chi connectivity index (χ3v) is 6.18. The van der Waals surface area contributed by atoms with Crippen molar-refractivity contribution in [2.75, 3.05) is 19.6 Å². The van der Waals surface area contributed by atoms with E-state index in [0.29, 0.717) is 10.6 Å². The Kier molecular flexibility index (Phi) is 4.23. The lowest BCUT2D eigenvalue weighted by Gasteiger charge is -2.44. The molecule has 2 aromatic heterocycles. The maximum Gasteiger partial charge on any atom is 0.454 e. The first-order valence-corrected chi connectivity index (χ1v) is 9.23. The highest BCUT2D eigenvalue weighted by atomic mass is 32.1. The van der Waals surface area contributed by atoms with Crippen molar-refractivity contribution in [3.05, 3.63) is 28.9 Å². The van der Waals surface area contributed by atoms with Crippen molar-refractivity contribution < 1.29 is 22.8 Å². The first-order chi connectivity index (χ1) is 12.3. The zero-order chi connectivity index (χ0) is 18.5. The fraction of sp³-hybridized carbons (Fsp3) is 0.471. The van der Waals surface area contributed by atoms with Gasteiger partial charge >= 0.3 is 6.18 Å². The number of thiophene rings is 1. The van der Waals surface area contributed by atoms with Crippen molar-refractivity contribution in [1.29, 1.82) is 0 Å². The Balaban J connectivity index is 1.62. The Bertz CT molecular complexity index is 872. The van der Waals surface area contributed by atoms with Crippen molar-refractivity contribution in [2.45, 2.75) is 25.1 Å². The van der Waals surface area contributed by atoms with Gasteiger partial charge in [-0.2, -0.15) is 13.2 Å². The van der Waals surface area contributed by atoms with Gasteiger partial charge in [0.1, 0.15) is 5.69 Å². The molecule has 3 fully saturated rings. The number of nitrogens with one attached hydrogen (secondary N) is 1. The number of carbonyl (C=O) groups is 2. The summed E-state index contributed by atoms with van der Waals surface area (Å²) in [4.78, 5) is 30.6. The van der Waals surface area contributed by atoms with Crippen LogP contribution in [-0.4, -0.2) is 53.4 Å². The molecule has 0 aromatic carbocycles. The SMILES string of the molecule is O=C(N[C@H]1CN2CCC1CC2)c1nccc2c(C(=O)C(F)(F)F)csc12. The van der Waals surface area contributed by atoms with Crippen LogP contribution in [0.2, 0.25) is 0 Å². The standard InChI is InChI=1S/C17H16F3N3O2S/c18-17(19,20)15(24)11-8-26-14-10(11)1-4-21-13(14)16(25)22-12-7-23-5-2-9(12)3-6-23/h1,4,8-9,12H,2-3,5-7H2,(H,22,25)/t12-/m0/s1. The van der Waals surface area contributed by atoms with E-state index in [-0.39, 0.29) is 17.1 Å². The summed E-state index contributed by atoms with van der Waals surface area (Å²) in [6.45, 7) is 2.87. The molecule has 5 heterocycles. The molecule has 3 aliphatic rings. The van der Waals surface area contributed by atoms with Crippen molar-refractivity contribution >= 4 is 33.1 Å². The molecule has 5 rings (SSSR count). The van der Waals surface area contributed by atoms with E-state index in [1.54, 1.807) is 0 Å². The molecule has 3 aliphatic heterocycles. The summed E-state index contributed by atoms with van der Waals surface area (Å²) in [6, 6.07) is 1.37. The molecule has 2 bridgehead atoms. The molecule has 3 saturated heterocycles. The molecule has 138 valence electrons. The number of carbonyl (C=O) groups excluding carboxylic acids is 2. The summed E-state index contributed by atoms with van der Waals surface area (Å²) < 4.78 is 38.6. The Morgan fingerprint density at radius 2 is 2.00 bits per heavy atom. The lowest BCUT2D eigenvalue weighted by atomic mass is 9.84. The smallest absolute Gasteiger partial charge is 0.346 e. The number of alkyl halides is 3. The first-order valence-electron chi connectivity index (χ1n) is 8.35. The van der Waals surface area contributed by atoms with Crippen LogP contribution in [0.25, 0.3) is 10.1 Å². The van der Waals surface area contributed by atoms with Crippen LogP contribution in [0, 0.1) is 5.92 Å². The van der Waals surface area contributed by atoms with E-state index < -0.39 is 23.4 Å². The van der Waals surface area contributed by atoms with Crippen molar-refractivity contribution in [2.24, 2.45) is 5.92 Å². The summed E-state index contributed by atoms with van der Waals surface area (Å²) in [5.74, 6) is -1.88. The summed E-state index contributed by atoms with van der Waals surface area (Å²) in [6.07, 6.45) is -1.61. The van der Waals surface area contributed by atoms with Gasteiger partial charge in [0.05, 0.1) is 4.70 Å². The highest BCUT2D eigenvalue weighted by molar-refractivity contribution is 7.18. The number of Topliss-reactive ketones (excluding diaryl/α,β-unsaturated/α-hetero) is 1. The molecule has 2 aromatic rings. The number of nitrogens with zero attached hydrogens (tertiary/aromatic N) is 2. The van der Waals surface area contributed by atoms with Gasteiger partial charge in [0.25, 0.3) is 11.7 Å². The number of rotatable bonds is 3. The van der Waals surface area contributed by atoms with Crippen LogP contribution >= 0.6 is 11.3 Å². The van der Waals surface area contributed by atoms with Gasteiger partial charge in [-0.15, -0.1) is 11.3 Å². The predicted octanol–water partition coefficient (Wildman–Crippen LogP) is 2.87. The van der Waals surface area contributed by atoms with Crippen molar-refractivity contribution in [3.63, 3.8) is 0 Å². The molecule has 0 unspecified atom stereocenters. The Labute approximate surface area is 151 Å². The van der Waals surface area contributed by atoms with Crippen LogP contribution in [-0.2, 0) is 0 Å². The fourth-order valence-electron chi connectivity index (χ4n) is 3.82. The monoisotopic (exact) mass is 383 g/mol. The number of hydrogen-bond donors (Lipinski definition) is 1. The molecule has 5 nitrogen and oxygen atoms in total. The van der Waals surface area contributed by atoms with Gasteiger partial charge in [0.2, 0.25) is 0 Å². The number of fused-ring (bicyclic) bond motifs is 4. The average molecular weight is 383 g/mol. The molecular weight excluding hydrogens is 367 g/mol. The quantitative estimate of drug-likeness (QED) is 0.828. The second-order valence-electron chi connectivity index (χ2n) is 6.73. The van der Waals surface area contributed by atoms with E-state index in [4.69, 9.17) is 0 Å². The van der Waals surface area contributed by atoms with Gasteiger partial charge in [-0.3, -0.25) is 9.59 Å². The van der Waals surface area contributed by atoms with Crippen LogP contribution in [0.15, 0.2) is 17.6 Å².